The molecule has 1 aliphatic heterocycles. The van der Waals surface area contributed by atoms with Gasteiger partial charge in [0.25, 0.3) is 11.7 Å². The molecule has 1 fully saturated rings. The number of para-hydroxylation sites is 1. The highest BCUT2D eigenvalue weighted by Gasteiger charge is 2.46. The van der Waals surface area contributed by atoms with Crippen molar-refractivity contribution in [3.8, 4) is 0 Å². The van der Waals surface area contributed by atoms with E-state index in [2.05, 4.69) is 4.98 Å². The number of aromatic amines is 1. The molecule has 3 aromatic carbocycles. The number of fused-ring (bicyclic) bond motifs is 1. The number of rotatable bonds is 5. The molecule has 5 nitrogen and oxygen atoms in total. The first-order valence-corrected chi connectivity index (χ1v) is 11.2. The molecular weight excluding hydrogens is 455 g/mol. The summed E-state index contributed by atoms with van der Waals surface area (Å²) in [4.78, 5) is 30.9. The summed E-state index contributed by atoms with van der Waals surface area (Å²) in [6, 6.07) is 19.0. The van der Waals surface area contributed by atoms with Gasteiger partial charge in [0.1, 0.15) is 11.6 Å². The summed E-state index contributed by atoms with van der Waals surface area (Å²) in [6.07, 6.45) is 2.39. The standard InChI is InChI=1S/C27H20ClFN2O3/c28-21-7-3-1-6-20(21)24-23(25(32)16-9-11-18(29)12-10-16)26(33)27(34)31(24)14-13-17-15-30-22-8-4-2-5-19(17)22/h1-12,15,24,30,32H,13-14H2/b25-23+. The molecule has 0 radical (unpaired) electrons. The van der Waals surface area contributed by atoms with Crippen molar-refractivity contribution >= 4 is 40.0 Å². The van der Waals surface area contributed by atoms with Crippen LogP contribution in [0.3, 0.4) is 0 Å². The van der Waals surface area contributed by atoms with Gasteiger partial charge in [0.05, 0.1) is 11.6 Å². The molecule has 5 rings (SSSR count). The zero-order chi connectivity index (χ0) is 23.8. The molecule has 1 atom stereocenters. The van der Waals surface area contributed by atoms with E-state index in [1.54, 1.807) is 24.3 Å². The number of nitrogens with one attached hydrogen (secondary N) is 1. The summed E-state index contributed by atoms with van der Waals surface area (Å²) in [7, 11) is 0. The first-order chi connectivity index (χ1) is 16.5. The van der Waals surface area contributed by atoms with Crippen molar-refractivity contribution in [3.05, 3.63) is 112 Å². The van der Waals surface area contributed by atoms with Crippen LogP contribution in [-0.2, 0) is 16.0 Å². The van der Waals surface area contributed by atoms with Crippen molar-refractivity contribution in [1.82, 2.24) is 9.88 Å². The Morgan fingerprint density at radius 1 is 1.00 bits per heavy atom. The second-order valence-electron chi connectivity index (χ2n) is 8.13. The number of H-pyrrole nitrogens is 1. The lowest BCUT2D eigenvalue weighted by Gasteiger charge is -2.26. The molecule has 0 aliphatic carbocycles. The van der Waals surface area contributed by atoms with Crippen LogP contribution in [0.15, 0.2) is 84.6 Å². The van der Waals surface area contributed by atoms with Crippen LogP contribution in [0.1, 0.15) is 22.7 Å². The van der Waals surface area contributed by atoms with Crippen LogP contribution in [0.2, 0.25) is 5.02 Å². The number of likely N-dealkylation sites (tertiary alicyclic amines) is 1. The molecule has 34 heavy (non-hydrogen) atoms. The van der Waals surface area contributed by atoms with Gasteiger partial charge in [-0.05, 0) is 53.9 Å². The second kappa shape index (κ2) is 8.80. The zero-order valence-corrected chi connectivity index (χ0v) is 18.7. The van der Waals surface area contributed by atoms with Crippen LogP contribution in [0.25, 0.3) is 16.7 Å². The molecule has 0 bridgehead atoms. The van der Waals surface area contributed by atoms with E-state index in [1.165, 1.54) is 29.2 Å². The van der Waals surface area contributed by atoms with Crippen molar-refractivity contribution in [3.63, 3.8) is 0 Å². The third-order valence-electron chi connectivity index (χ3n) is 6.15. The lowest BCUT2D eigenvalue weighted by molar-refractivity contribution is -0.139. The minimum absolute atomic E-state index is 0.0661. The summed E-state index contributed by atoms with van der Waals surface area (Å²) in [5.74, 6) is -2.35. The number of carbonyl (C=O) groups excluding carboxylic acids is 2. The van der Waals surface area contributed by atoms with E-state index in [-0.39, 0.29) is 23.4 Å². The number of aliphatic hydroxyl groups is 1. The average Bonchev–Trinajstić information content (AvgIpc) is 3.37. The molecule has 1 aliphatic rings. The molecule has 170 valence electrons. The largest absolute Gasteiger partial charge is 0.507 e. The fourth-order valence-electron chi connectivity index (χ4n) is 4.47. The van der Waals surface area contributed by atoms with Crippen LogP contribution in [-0.4, -0.2) is 33.2 Å². The van der Waals surface area contributed by atoms with Gasteiger partial charge in [0.15, 0.2) is 0 Å². The number of aliphatic hydroxyl groups excluding tert-OH is 1. The van der Waals surface area contributed by atoms with Crippen molar-refractivity contribution < 1.29 is 19.1 Å². The Morgan fingerprint density at radius 2 is 1.71 bits per heavy atom. The molecule has 1 unspecified atom stereocenters. The number of nitrogens with zero attached hydrogens (tertiary/aromatic N) is 1. The van der Waals surface area contributed by atoms with Gasteiger partial charge in [0.2, 0.25) is 0 Å². The number of Topliss-reactive ketones (excluding diaryl/α,β-unsaturated/α-hetero) is 1. The topological polar surface area (TPSA) is 73.4 Å². The Morgan fingerprint density at radius 3 is 2.47 bits per heavy atom. The Hall–Kier alpha value is -3.90. The quantitative estimate of drug-likeness (QED) is 0.224. The molecule has 2 N–H and O–H groups in total. The summed E-state index contributed by atoms with van der Waals surface area (Å²) >= 11 is 6.47. The number of halogens is 2. The number of amides is 1. The van der Waals surface area contributed by atoms with Gasteiger partial charge >= 0.3 is 0 Å². The van der Waals surface area contributed by atoms with Gasteiger partial charge in [-0.25, -0.2) is 4.39 Å². The Balaban J connectivity index is 1.58. The van der Waals surface area contributed by atoms with Crippen LogP contribution in [0.4, 0.5) is 4.39 Å². The fraction of sp³-hybridized carbons (Fsp3) is 0.111. The van der Waals surface area contributed by atoms with Gasteiger partial charge in [-0.1, -0.05) is 48.0 Å². The van der Waals surface area contributed by atoms with Crippen LogP contribution >= 0.6 is 11.6 Å². The van der Waals surface area contributed by atoms with Gasteiger partial charge in [0, 0.05) is 34.2 Å². The van der Waals surface area contributed by atoms with Crippen LogP contribution in [0.5, 0.6) is 0 Å². The van der Waals surface area contributed by atoms with E-state index in [0.29, 0.717) is 17.0 Å². The molecule has 1 amide bonds. The van der Waals surface area contributed by atoms with Gasteiger partial charge < -0.3 is 15.0 Å². The van der Waals surface area contributed by atoms with Crippen molar-refractivity contribution in [2.75, 3.05) is 6.54 Å². The van der Waals surface area contributed by atoms with Gasteiger partial charge in [-0.15, -0.1) is 0 Å². The Kier molecular flexibility index (Phi) is 5.67. The van der Waals surface area contributed by atoms with Crippen LogP contribution in [0, 0.1) is 5.82 Å². The van der Waals surface area contributed by atoms with E-state index < -0.39 is 23.5 Å². The number of hydrogen-bond acceptors (Lipinski definition) is 3. The number of benzene rings is 3. The summed E-state index contributed by atoms with van der Waals surface area (Å²) in [6.45, 7) is 0.239. The van der Waals surface area contributed by atoms with E-state index in [0.717, 1.165) is 16.5 Å². The number of carbonyl (C=O) groups is 2. The normalized spacial score (nSPS) is 17.6. The number of ketones is 1. The van der Waals surface area contributed by atoms with Crippen molar-refractivity contribution in [2.45, 2.75) is 12.5 Å². The predicted octanol–water partition coefficient (Wildman–Crippen LogP) is 5.62. The highest BCUT2D eigenvalue weighted by Crippen LogP contribution is 2.42. The van der Waals surface area contributed by atoms with Crippen LogP contribution < -0.4 is 0 Å². The lowest BCUT2D eigenvalue weighted by atomic mass is 9.95. The monoisotopic (exact) mass is 474 g/mol. The highest BCUT2D eigenvalue weighted by molar-refractivity contribution is 6.47. The number of aromatic nitrogens is 1. The first kappa shape index (κ1) is 21.9. The summed E-state index contributed by atoms with van der Waals surface area (Å²) in [5, 5.41) is 12.5. The molecule has 7 heteroatoms. The molecule has 1 saturated heterocycles. The molecule has 2 heterocycles. The zero-order valence-electron chi connectivity index (χ0n) is 18.0. The fourth-order valence-corrected chi connectivity index (χ4v) is 4.71. The minimum Gasteiger partial charge on any atom is -0.507 e. The van der Waals surface area contributed by atoms with Crippen molar-refractivity contribution in [1.29, 1.82) is 0 Å². The SMILES string of the molecule is O=C1C(=O)N(CCc2c[nH]c3ccccc23)C(c2ccccc2Cl)/C1=C(\O)c1ccc(F)cc1. The lowest BCUT2D eigenvalue weighted by Crippen LogP contribution is -2.31. The number of hydrogen-bond donors (Lipinski definition) is 2. The van der Waals surface area contributed by atoms with E-state index >= 15 is 0 Å². The van der Waals surface area contributed by atoms with Gasteiger partial charge in [-0.3, -0.25) is 9.59 Å². The maximum atomic E-state index is 13.4. The van der Waals surface area contributed by atoms with Gasteiger partial charge in [-0.2, -0.15) is 0 Å². The maximum Gasteiger partial charge on any atom is 0.295 e. The third kappa shape index (κ3) is 3.76. The van der Waals surface area contributed by atoms with E-state index in [1.807, 2.05) is 30.5 Å². The summed E-state index contributed by atoms with van der Waals surface area (Å²) in [5.41, 5.74) is 2.70. The Labute approximate surface area is 200 Å². The second-order valence-corrected chi connectivity index (χ2v) is 8.54. The Bertz CT molecular complexity index is 1440. The third-order valence-corrected chi connectivity index (χ3v) is 6.50. The summed E-state index contributed by atoms with van der Waals surface area (Å²) < 4.78 is 13.4. The predicted molar refractivity (Wildman–Crippen MR) is 129 cm³/mol. The first-order valence-electron chi connectivity index (χ1n) is 10.8. The van der Waals surface area contributed by atoms with E-state index in [4.69, 9.17) is 11.6 Å². The highest BCUT2D eigenvalue weighted by atomic mass is 35.5. The average molecular weight is 475 g/mol. The maximum absolute atomic E-state index is 13.4. The molecular formula is C27H20ClFN2O3. The molecule has 0 saturated carbocycles. The van der Waals surface area contributed by atoms with Crippen molar-refractivity contribution in [2.24, 2.45) is 0 Å². The molecule has 0 spiro atoms. The smallest absolute Gasteiger partial charge is 0.295 e. The minimum atomic E-state index is -0.871. The molecule has 4 aromatic rings. The van der Waals surface area contributed by atoms with E-state index in [9.17, 15) is 19.1 Å². The molecule has 1 aromatic heterocycles.